The normalized spacial score (nSPS) is 11.9. The minimum atomic E-state index is -0.944. The van der Waals surface area contributed by atoms with Gasteiger partial charge in [-0.25, -0.2) is 0 Å². The highest BCUT2D eigenvalue weighted by atomic mass is 16.4. The maximum absolute atomic E-state index is 12.6. The molecule has 0 bridgehead atoms. The molecule has 1 aromatic heterocycles. The first kappa shape index (κ1) is 14.8. The van der Waals surface area contributed by atoms with E-state index in [1.807, 2.05) is 25.1 Å². The molecule has 0 aliphatic carbocycles. The van der Waals surface area contributed by atoms with Crippen LogP contribution in [0.2, 0.25) is 0 Å². The number of anilines is 1. The molecule has 1 amide bonds. The van der Waals surface area contributed by atoms with Crippen LogP contribution in [0, 0.1) is 12.8 Å². The van der Waals surface area contributed by atoms with Crippen LogP contribution in [0.3, 0.4) is 0 Å². The third-order valence-electron chi connectivity index (χ3n) is 3.26. The molecule has 0 radical (unpaired) electrons. The Bertz CT molecular complexity index is 633. The van der Waals surface area contributed by atoms with Gasteiger partial charge in [-0.05, 0) is 30.7 Å². The van der Waals surface area contributed by atoms with Gasteiger partial charge in [0.1, 0.15) is 0 Å². The van der Waals surface area contributed by atoms with Gasteiger partial charge in [-0.3, -0.25) is 9.59 Å². The van der Waals surface area contributed by atoms with E-state index in [0.717, 1.165) is 5.56 Å². The monoisotopic (exact) mass is 287 g/mol. The molecule has 1 unspecified atom stereocenters. The van der Waals surface area contributed by atoms with Crippen molar-refractivity contribution in [2.45, 2.75) is 13.8 Å². The van der Waals surface area contributed by atoms with Crippen molar-refractivity contribution in [1.29, 1.82) is 0 Å². The molecule has 5 nitrogen and oxygen atoms in total. The van der Waals surface area contributed by atoms with Crippen LogP contribution in [0.25, 0.3) is 0 Å². The summed E-state index contributed by atoms with van der Waals surface area (Å²) in [5, 5.41) is 9.10. The second kappa shape index (κ2) is 6.26. The number of hydrogen-bond donors (Lipinski definition) is 1. The highest BCUT2D eigenvalue weighted by molar-refractivity contribution is 6.04. The van der Waals surface area contributed by atoms with Gasteiger partial charge in [-0.15, -0.1) is 0 Å². The number of aliphatic carboxylic acids is 1. The second-order valence-corrected chi connectivity index (χ2v) is 4.92. The van der Waals surface area contributed by atoms with Crippen molar-refractivity contribution in [2.75, 3.05) is 11.4 Å². The lowest BCUT2D eigenvalue weighted by Gasteiger charge is -2.25. The standard InChI is InChI=1S/C16H17NO4/c1-11-6-3-4-7-13(11)17(10-12(2)16(19)20)15(18)14-8-5-9-21-14/h3-9,12H,10H2,1-2H3,(H,19,20). The Labute approximate surface area is 122 Å². The summed E-state index contributed by atoms with van der Waals surface area (Å²) in [4.78, 5) is 25.1. The Kier molecular flexibility index (Phi) is 4.42. The maximum atomic E-state index is 12.6. The number of carboxylic acids is 1. The zero-order valence-corrected chi connectivity index (χ0v) is 11.9. The van der Waals surface area contributed by atoms with Gasteiger partial charge in [-0.2, -0.15) is 0 Å². The van der Waals surface area contributed by atoms with E-state index in [9.17, 15) is 9.59 Å². The van der Waals surface area contributed by atoms with Gasteiger partial charge in [0.2, 0.25) is 0 Å². The number of rotatable bonds is 5. The summed E-state index contributed by atoms with van der Waals surface area (Å²) in [5.41, 5.74) is 1.59. The minimum Gasteiger partial charge on any atom is -0.481 e. The Morgan fingerprint density at radius 3 is 2.52 bits per heavy atom. The van der Waals surface area contributed by atoms with Gasteiger partial charge in [-0.1, -0.05) is 25.1 Å². The van der Waals surface area contributed by atoms with Crippen molar-refractivity contribution in [1.82, 2.24) is 0 Å². The van der Waals surface area contributed by atoms with Crippen LogP contribution in [0.15, 0.2) is 47.1 Å². The summed E-state index contributed by atoms with van der Waals surface area (Å²) in [7, 11) is 0. The molecular formula is C16H17NO4. The van der Waals surface area contributed by atoms with Crippen LogP contribution in [-0.2, 0) is 4.79 Å². The summed E-state index contributed by atoms with van der Waals surface area (Å²) < 4.78 is 5.14. The van der Waals surface area contributed by atoms with Gasteiger partial charge >= 0.3 is 5.97 Å². The molecule has 0 saturated heterocycles. The van der Waals surface area contributed by atoms with Crippen LogP contribution in [0.4, 0.5) is 5.69 Å². The lowest BCUT2D eigenvalue weighted by atomic mass is 10.1. The fraction of sp³-hybridized carbons (Fsp3) is 0.250. The number of hydrogen-bond acceptors (Lipinski definition) is 3. The first-order valence-corrected chi connectivity index (χ1v) is 6.64. The number of aryl methyl sites for hydroxylation is 1. The minimum absolute atomic E-state index is 0.0831. The predicted molar refractivity (Wildman–Crippen MR) is 78.4 cm³/mol. The van der Waals surface area contributed by atoms with Crippen LogP contribution in [-0.4, -0.2) is 23.5 Å². The van der Waals surface area contributed by atoms with Crippen molar-refractivity contribution in [2.24, 2.45) is 5.92 Å². The van der Waals surface area contributed by atoms with Crippen molar-refractivity contribution in [3.05, 3.63) is 54.0 Å². The molecule has 2 rings (SSSR count). The topological polar surface area (TPSA) is 70.8 Å². The number of nitrogens with zero attached hydrogens (tertiary/aromatic N) is 1. The lowest BCUT2D eigenvalue weighted by molar-refractivity contribution is -0.140. The van der Waals surface area contributed by atoms with Gasteiger partial charge in [0.25, 0.3) is 5.91 Å². The largest absolute Gasteiger partial charge is 0.481 e. The van der Waals surface area contributed by atoms with E-state index in [4.69, 9.17) is 9.52 Å². The molecule has 0 aliphatic heterocycles. The van der Waals surface area contributed by atoms with Gasteiger partial charge in [0.15, 0.2) is 5.76 Å². The van der Waals surface area contributed by atoms with E-state index in [1.54, 1.807) is 25.1 Å². The molecular weight excluding hydrogens is 270 g/mol. The van der Waals surface area contributed by atoms with Crippen molar-refractivity contribution >= 4 is 17.6 Å². The molecule has 0 fully saturated rings. The number of carbonyl (C=O) groups excluding carboxylic acids is 1. The third kappa shape index (κ3) is 3.31. The van der Waals surface area contributed by atoms with E-state index in [2.05, 4.69) is 0 Å². The zero-order valence-electron chi connectivity index (χ0n) is 11.9. The number of carboxylic acid groups (broad SMARTS) is 1. The van der Waals surface area contributed by atoms with E-state index < -0.39 is 11.9 Å². The summed E-state index contributed by atoms with van der Waals surface area (Å²) in [6.45, 7) is 3.53. The maximum Gasteiger partial charge on any atom is 0.308 e. The number of para-hydroxylation sites is 1. The second-order valence-electron chi connectivity index (χ2n) is 4.92. The van der Waals surface area contributed by atoms with E-state index in [1.165, 1.54) is 11.2 Å². The Balaban J connectivity index is 2.37. The molecule has 0 spiro atoms. The van der Waals surface area contributed by atoms with Crippen LogP contribution < -0.4 is 4.90 Å². The average molecular weight is 287 g/mol. The molecule has 0 aliphatic rings. The third-order valence-corrected chi connectivity index (χ3v) is 3.26. The fourth-order valence-corrected chi connectivity index (χ4v) is 2.04. The van der Waals surface area contributed by atoms with Crippen molar-refractivity contribution < 1.29 is 19.1 Å². The molecule has 1 heterocycles. The highest BCUT2D eigenvalue weighted by Crippen LogP contribution is 2.23. The quantitative estimate of drug-likeness (QED) is 0.917. The van der Waals surface area contributed by atoms with Gasteiger partial charge in [0, 0.05) is 12.2 Å². The summed E-state index contributed by atoms with van der Waals surface area (Å²) in [6, 6.07) is 10.6. The molecule has 110 valence electrons. The predicted octanol–water partition coefficient (Wildman–Crippen LogP) is 2.96. The molecule has 1 N–H and O–H groups in total. The Morgan fingerprint density at radius 1 is 1.24 bits per heavy atom. The van der Waals surface area contributed by atoms with E-state index in [0.29, 0.717) is 5.69 Å². The molecule has 2 aromatic rings. The van der Waals surface area contributed by atoms with Crippen LogP contribution in [0.5, 0.6) is 0 Å². The molecule has 0 saturated carbocycles. The fourth-order valence-electron chi connectivity index (χ4n) is 2.04. The summed E-state index contributed by atoms with van der Waals surface area (Å²) in [6.07, 6.45) is 1.42. The number of carbonyl (C=O) groups is 2. The Morgan fingerprint density at radius 2 is 1.95 bits per heavy atom. The van der Waals surface area contributed by atoms with E-state index in [-0.39, 0.29) is 18.2 Å². The molecule has 1 aromatic carbocycles. The Hall–Kier alpha value is -2.56. The first-order chi connectivity index (χ1) is 10.0. The number of benzene rings is 1. The highest BCUT2D eigenvalue weighted by Gasteiger charge is 2.25. The zero-order chi connectivity index (χ0) is 15.4. The average Bonchev–Trinajstić information content (AvgIpc) is 2.98. The SMILES string of the molecule is Cc1ccccc1N(CC(C)C(=O)O)C(=O)c1ccco1. The van der Waals surface area contributed by atoms with Crippen molar-refractivity contribution in [3.8, 4) is 0 Å². The number of amides is 1. The van der Waals surface area contributed by atoms with E-state index >= 15 is 0 Å². The molecule has 1 atom stereocenters. The molecule has 21 heavy (non-hydrogen) atoms. The number of furan rings is 1. The summed E-state index contributed by atoms with van der Waals surface area (Å²) in [5.74, 6) is -1.78. The lowest BCUT2D eigenvalue weighted by Crippen LogP contribution is -2.37. The summed E-state index contributed by atoms with van der Waals surface area (Å²) >= 11 is 0. The molecule has 5 heteroatoms. The van der Waals surface area contributed by atoms with Crippen LogP contribution in [0.1, 0.15) is 23.0 Å². The van der Waals surface area contributed by atoms with Crippen molar-refractivity contribution in [3.63, 3.8) is 0 Å². The first-order valence-electron chi connectivity index (χ1n) is 6.64. The van der Waals surface area contributed by atoms with Crippen LogP contribution >= 0.6 is 0 Å². The van der Waals surface area contributed by atoms with Gasteiger partial charge in [0.05, 0.1) is 12.2 Å². The smallest absolute Gasteiger partial charge is 0.308 e. The van der Waals surface area contributed by atoms with Gasteiger partial charge < -0.3 is 14.4 Å².